The molecule has 1 aromatic carbocycles. The topological polar surface area (TPSA) is 45.2 Å². The number of carbonyl (C=O) groups excluding carboxylic acids is 1. The summed E-state index contributed by atoms with van der Waals surface area (Å²) in [5.41, 5.74) is 2.86. The van der Waals surface area contributed by atoms with Crippen LogP contribution in [0.25, 0.3) is 11.1 Å². The maximum atomic E-state index is 12.2. The van der Waals surface area contributed by atoms with Gasteiger partial charge in [-0.2, -0.15) is 0 Å². The van der Waals surface area contributed by atoms with E-state index < -0.39 is 0 Å². The summed E-state index contributed by atoms with van der Waals surface area (Å²) in [5, 5.41) is 2.99. The number of rotatable bonds is 5. The number of hydrogen-bond acceptors (Lipinski definition) is 3. The minimum Gasteiger partial charge on any atom is -0.357 e. The van der Waals surface area contributed by atoms with Gasteiger partial charge in [0, 0.05) is 36.5 Å². The maximum Gasteiger partial charge on any atom is 0.251 e. The molecule has 1 aliphatic heterocycles. The molecule has 25 heavy (non-hydrogen) atoms. The lowest BCUT2D eigenvalue weighted by Gasteiger charge is -2.27. The van der Waals surface area contributed by atoms with E-state index in [4.69, 9.17) is 0 Å². The van der Waals surface area contributed by atoms with Crippen LogP contribution in [0.4, 0.5) is 5.82 Å². The van der Waals surface area contributed by atoms with Crippen molar-refractivity contribution < 1.29 is 4.79 Å². The first kappa shape index (κ1) is 17.5. The van der Waals surface area contributed by atoms with Gasteiger partial charge in [0.25, 0.3) is 5.91 Å². The molecule has 0 unspecified atom stereocenters. The van der Waals surface area contributed by atoms with Gasteiger partial charge in [-0.25, -0.2) is 4.98 Å². The van der Waals surface area contributed by atoms with Crippen LogP contribution in [-0.4, -0.2) is 30.0 Å². The molecule has 4 nitrogen and oxygen atoms in total. The van der Waals surface area contributed by atoms with Crippen LogP contribution in [0.15, 0.2) is 42.6 Å². The van der Waals surface area contributed by atoms with E-state index >= 15 is 0 Å². The third-order valence-electron chi connectivity index (χ3n) is 4.90. The minimum atomic E-state index is -0.0144. The second-order valence-electron chi connectivity index (χ2n) is 6.81. The zero-order chi connectivity index (χ0) is 17.6. The molecular weight excluding hydrogens is 310 g/mol. The predicted molar refractivity (Wildman–Crippen MR) is 103 cm³/mol. The van der Waals surface area contributed by atoms with Gasteiger partial charge in [0.15, 0.2) is 0 Å². The monoisotopic (exact) mass is 337 g/mol. The third kappa shape index (κ3) is 4.38. The molecule has 1 aliphatic rings. The molecule has 1 saturated heterocycles. The molecule has 0 bridgehead atoms. The van der Waals surface area contributed by atoms with Crippen molar-refractivity contribution >= 4 is 11.7 Å². The van der Waals surface area contributed by atoms with E-state index in [2.05, 4.69) is 34.3 Å². The summed E-state index contributed by atoms with van der Waals surface area (Å²) in [4.78, 5) is 19.1. The van der Waals surface area contributed by atoms with E-state index in [1.807, 2.05) is 37.4 Å². The van der Waals surface area contributed by atoms with E-state index in [0.29, 0.717) is 5.56 Å². The van der Waals surface area contributed by atoms with Gasteiger partial charge in [0.1, 0.15) is 5.82 Å². The van der Waals surface area contributed by atoms with E-state index in [9.17, 15) is 4.79 Å². The molecule has 0 aliphatic carbocycles. The summed E-state index contributed by atoms with van der Waals surface area (Å²) in [7, 11) is 0. The summed E-state index contributed by atoms with van der Waals surface area (Å²) < 4.78 is 0. The van der Waals surface area contributed by atoms with Gasteiger partial charge in [-0.15, -0.1) is 0 Å². The van der Waals surface area contributed by atoms with Crippen LogP contribution in [0.3, 0.4) is 0 Å². The number of nitrogens with zero attached hydrogens (tertiary/aromatic N) is 2. The van der Waals surface area contributed by atoms with Gasteiger partial charge in [-0.3, -0.25) is 4.79 Å². The number of aromatic nitrogens is 1. The van der Waals surface area contributed by atoms with Gasteiger partial charge < -0.3 is 10.2 Å². The molecule has 3 rings (SSSR count). The molecule has 0 saturated carbocycles. The van der Waals surface area contributed by atoms with Crippen molar-refractivity contribution in [2.24, 2.45) is 0 Å². The molecule has 2 heterocycles. The van der Waals surface area contributed by atoms with Crippen molar-refractivity contribution in [3.05, 3.63) is 48.2 Å². The van der Waals surface area contributed by atoms with Crippen LogP contribution < -0.4 is 10.2 Å². The number of hydrogen-bond donors (Lipinski definition) is 1. The average Bonchev–Trinajstić information content (AvgIpc) is 2.69. The Kier molecular flexibility index (Phi) is 5.69. The van der Waals surface area contributed by atoms with Gasteiger partial charge >= 0.3 is 0 Å². The van der Waals surface area contributed by atoms with Crippen molar-refractivity contribution in [3.8, 4) is 11.1 Å². The second kappa shape index (κ2) is 8.15. The Balaban J connectivity index is 1.68. The van der Waals surface area contributed by atoms with E-state index in [1.54, 1.807) is 0 Å². The van der Waals surface area contributed by atoms with Gasteiger partial charge in [0.2, 0.25) is 0 Å². The number of nitrogens with one attached hydrogen (secondary N) is 1. The fourth-order valence-corrected chi connectivity index (χ4v) is 3.09. The summed E-state index contributed by atoms with van der Waals surface area (Å²) in [6, 6.07) is 12.2. The normalized spacial score (nSPS) is 15.7. The van der Waals surface area contributed by atoms with Crippen LogP contribution >= 0.6 is 0 Å². The van der Waals surface area contributed by atoms with Crippen LogP contribution in [0.5, 0.6) is 0 Å². The Bertz CT molecular complexity index is 688. The quantitative estimate of drug-likeness (QED) is 0.886. The van der Waals surface area contributed by atoms with E-state index in [0.717, 1.165) is 36.5 Å². The number of carbonyl (C=O) groups is 1. The van der Waals surface area contributed by atoms with Crippen molar-refractivity contribution in [3.63, 3.8) is 0 Å². The van der Waals surface area contributed by atoms with Gasteiger partial charge in [-0.1, -0.05) is 19.1 Å². The maximum absolute atomic E-state index is 12.2. The fraction of sp³-hybridized carbons (Fsp3) is 0.429. The van der Waals surface area contributed by atoms with Crippen molar-refractivity contribution in [1.29, 1.82) is 0 Å². The molecule has 1 fully saturated rings. The lowest BCUT2D eigenvalue weighted by atomic mass is 10.0. The average molecular weight is 337 g/mol. The Morgan fingerprint density at radius 3 is 2.36 bits per heavy atom. The highest BCUT2D eigenvalue weighted by molar-refractivity contribution is 5.94. The predicted octanol–water partition coefficient (Wildman–Crippen LogP) is 4.27. The highest BCUT2D eigenvalue weighted by Gasteiger charge is 2.12. The summed E-state index contributed by atoms with van der Waals surface area (Å²) in [5.74, 6) is 1.05. The highest BCUT2D eigenvalue weighted by Crippen LogP contribution is 2.23. The fourth-order valence-electron chi connectivity index (χ4n) is 3.09. The van der Waals surface area contributed by atoms with Gasteiger partial charge in [-0.05, 0) is 62.4 Å². The third-order valence-corrected chi connectivity index (χ3v) is 4.90. The molecule has 0 spiro atoms. The Labute approximate surface area is 150 Å². The van der Waals surface area contributed by atoms with Crippen LogP contribution in [0.2, 0.25) is 0 Å². The molecule has 132 valence electrons. The molecule has 0 radical (unpaired) electrons. The lowest BCUT2D eigenvalue weighted by Crippen LogP contribution is -2.31. The molecule has 1 amide bonds. The SMILES string of the molecule is CC[C@H](C)NC(=O)c1ccc(-c2ccc(N3CCCCC3)nc2)cc1. The molecule has 1 aromatic heterocycles. The van der Waals surface area contributed by atoms with E-state index in [1.165, 1.54) is 19.3 Å². The molecule has 1 N–H and O–H groups in total. The summed E-state index contributed by atoms with van der Waals surface area (Å²) in [6.07, 6.45) is 6.69. The number of anilines is 1. The van der Waals surface area contributed by atoms with Crippen LogP contribution in [0.1, 0.15) is 49.9 Å². The highest BCUT2D eigenvalue weighted by atomic mass is 16.1. The van der Waals surface area contributed by atoms with Crippen LogP contribution in [-0.2, 0) is 0 Å². The summed E-state index contributed by atoms with van der Waals surface area (Å²) >= 11 is 0. The van der Waals surface area contributed by atoms with E-state index in [-0.39, 0.29) is 11.9 Å². The Morgan fingerprint density at radius 1 is 1.08 bits per heavy atom. The zero-order valence-corrected chi connectivity index (χ0v) is 15.2. The van der Waals surface area contributed by atoms with Crippen LogP contribution in [0, 0.1) is 0 Å². The van der Waals surface area contributed by atoms with Crippen molar-refractivity contribution in [2.75, 3.05) is 18.0 Å². The molecule has 4 heteroatoms. The summed E-state index contributed by atoms with van der Waals surface area (Å²) in [6.45, 7) is 6.29. The van der Waals surface area contributed by atoms with Crippen molar-refractivity contribution in [1.82, 2.24) is 10.3 Å². The molecule has 2 aromatic rings. The first-order valence-electron chi connectivity index (χ1n) is 9.29. The number of benzene rings is 1. The smallest absolute Gasteiger partial charge is 0.251 e. The Morgan fingerprint density at radius 2 is 1.76 bits per heavy atom. The zero-order valence-electron chi connectivity index (χ0n) is 15.2. The standard InChI is InChI=1S/C21H27N3O/c1-3-16(2)23-21(25)18-9-7-17(8-10-18)19-11-12-20(22-15-19)24-13-5-4-6-14-24/h7-12,15-16H,3-6,13-14H2,1-2H3,(H,23,25)/t16-/m0/s1. The minimum absolute atomic E-state index is 0.0144. The lowest BCUT2D eigenvalue weighted by molar-refractivity contribution is 0.0939. The molecular formula is C21H27N3O. The number of piperidine rings is 1. The first-order valence-corrected chi connectivity index (χ1v) is 9.29. The molecule has 1 atom stereocenters. The van der Waals surface area contributed by atoms with Crippen molar-refractivity contribution in [2.45, 2.75) is 45.6 Å². The Hall–Kier alpha value is -2.36. The second-order valence-corrected chi connectivity index (χ2v) is 6.81. The van der Waals surface area contributed by atoms with Gasteiger partial charge in [0.05, 0.1) is 0 Å². The number of amides is 1. The number of pyridine rings is 1. The first-order chi connectivity index (χ1) is 12.2. The largest absolute Gasteiger partial charge is 0.357 e.